The van der Waals surface area contributed by atoms with Crippen LogP contribution < -0.4 is 14.8 Å². The zero-order valence-corrected chi connectivity index (χ0v) is 19.5. The normalized spacial score (nSPS) is 11.2. The van der Waals surface area contributed by atoms with E-state index in [1.54, 1.807) is 20.8 Å². The third kappa shape index (κ3) is 6.29. The lowest BCUT2D eigenvalue weighted by Crippen LogP contribution is -2.15. The molecule has 1 aromatic carbocycles. The smallest absolute Gasteiger partial charge is 0.337 e. The number of amides is 1. The van der Waals surface area contributed by atoms with Crippen LogP contribution in [0.2, 0.25) is 0 Å². The number of benzene rings is 1. The highest BCUT2D eigenvalue weighted by molar-refractivity contribution is 7.91. The fraction of sp³-hybridized carbons (Fsp3) is 0.217. The zero-order chi connectivity index (χ0) is 24.9. The predicted molar refractivity (Wildman–Crippen MR) is 123 cm³/mol. The van der Waals surface area contributed by atoms with Gasteiger partial charge < -0.3 is 19.9 Å². The number of ether oxygens (including phenoxy) is 2. The van der Waals surface area contributed by atoms with Crippen molar-refractivity contribution >= 4 is 27.5 Å². The largest absolute Gasteiger partial charge is 0.478 e. The van der Waals surface area contributed by atoms with E-state index in [4.69, 9.17) is 14.6 Å². The summed E-state index contributed by atoms with van der Waals surface area (Å²) in [4.78, 5) is 32.1. The van der Waals surface area contributed by atoms with Gasteiger partial charge >= 0.3 is 5.97 Å². The molecule has 2 heterocycles. The highest BCUT2D eigenvalue weighted by Gasteiger charge is 2.15. The number of aromatic nitrogens is 2. The maximum atomic E-state index is 12.8. The Hall–Kier alpha value is -3.99. The molecule has 3 aromatic rings. The van der Waals surface area contributed by atoms with Crippen molar-refractivity contribution < 1.29 is 32.6 Å². The van der Waals surface area contributed by atoms with Crippen molar-refractivity contribution in [1.82, 2.24) is 9.97 Å². The Labute approximate surface area is 196 Å². The lowest BCUT2D eigenvalue weighted by Gasteiger charge is -2.13. The number of pyridine rings is 2. The minimum Gasteiger partial charge on any atom is -0.478 e. The van der Waals surface area contributed by atoms with Gasteiger partial charge in [0.2, 0.25) is 11.8 Å². The highest BCUT2D eigenvalue weighted by atomic mass is 32.2. The van der Waals surface area contributed by atoms with Gasteiger partial charge in [-0.25, -0.2) is 18.2 Å². The summed E-state index contributed by atoms with van der Waals surface area (Å²) in [5, 5.41) is 11.5. The Balaban J connectivity index is 1.85. The van der Waals surface area contributed by atoms with Crippen LogP contribution in [0.15, 0.2) is 59.6 Å². The summed E-state index contributed by atoms with van der Waals surface area (Å²) in [5.41, 5.74) is 0.151. The van der Waals surface area contributed by atoms with Crippen LogP contribution in [-0.2, 0) is 9.84 Å². The van der Waals surface area contributed by atoms with E-state index in [1.165, 1.54) is 48.5 Å². The second kappa shape index (κ2) is 10.3. The molecule has 0 aliphatic heterocycles. The number of carboxylic acids is 1. The average molecular weight is 486 g/mol. The van der Waals surface area contributed by atoms with Crippen molar-refractivity contribution in [2.45, 2.75) is 31.8 Å². The lowest BCUT2D eigenvalue weighted by molar-refractivity contribution is 0.0696. The fourth-order valence-electron chi connectivity index (χ4n) is 2.75. The van der Waals surface area contributed by atoms with Crippen LogP contribution >= 0.6 is 0 Å². The molecule has 0 fully saturated rings. The molecular weight excluding hydrogens is 462 g/mol. The molecule has 0 aliphatic rings. The van der Waals surface area contributed by atoms with Gasteiger partial charge in [0.15, 0.2) is 9.84 Å². The van der Waals surface area contributed by atoms with E-state index in [-0.39, 0.29) is 45.5 Å². The van der Waals surface area contributed by atoms with Crippen LogP contribution in [0.3, 0.4) is 0 Å². The molecule has 10 nitrogen and oxygen atoms in total. The summed E-state index contributed by atoms with van der Waals surface area (Å²) in [6.45, 7) is 5.16. The number of hydrogen-bond donors (Lipinski definition) is 2. The van der Waals surface area contributed by atoms with E-state index in [1.807, 2.05) is 0 Å². The summed E-state index contributed by atoms with van der Waals surface area (Å²) in [6.07, 6.45) is 0.914. The van der Waals surface area contributed by atoms with Gasteiger partial charge in [-0.1, -0.05) is 6.92 Å². The molecule has 1 amide bonds. The molecule has 0 spiro atoms. The van der Waals surface area contributed by atoms with Gasteiger partial charge in [0.25, 0.3) is 5.91 Å². The van der Waals surface area contributed by atoms with E-state index in [9.17, 15) is 18.0 Å². The Bertz CT molecular complexity index is 1290. The Morgan fingerprint density at radius 2 is 1.71 bits per heavy atom. The molecule has 2 N–H and O–H groups in total. The molecule has 0 unspecified atom stereocenters. The second-order valence-corrected chi connectivity index (χ2v) is 9.65. The molecular formula is C23H23N3O7S. The molecule has 0 saturated carbocycles. The van der Waals surface area contributed by atoms with Gasteiger partial charge in [0, 0.05) is 18.3 Å². The number of nitrogens with one attached hydrogen (secondary N) is 1. The average Bonchev–Trinajstić information content (AvgIpc) is 2.79. The quantitative estimate of drug-likeness (QED) is 0.462. The first-order chi connectivity index (χ1) is 16.1. The van der Waals surface area contributed by atoms with Crippen LogP contribution in [-0.4, -0.2) is 47.2 Å². The van der Waals surface area contributed by atoms with E-state index >= 15 is 0 Å². The zero-order valence-electron chi connectivity index (χ0n) is 18.7. The van der Waals surface area contributed by atoms with E-state index in [0.717, 1.165) is 6.20 Å². The number of hydrogen-bond acceptors (Lipinski definition) is 8. The minimum atomic E-state index is -3.35. The summed E-state index contributed by atoms with van der Waals surface area (Å²) in [7, 11) is -3.35. The summed E-state index contributed by atoms with van der Waals surface area (Å²) in [6, 6.07) is 11.4. The van der Waals surface area contributed by atoms with Gasteiger partial charge in [-0.15, -0.1) is 0 Å². The van der Waals surface area contributed by atoms with Crippen molar-refractivity contribution in [3.05, 3.63) is 65.9 Å². The van der Waals surface area contributed by atoms with Crippen molar-refractivity contribution in [2.75, 3.05) is 11.1 Å². The first-order valence-electron chi connectivity index (χ1n) is 10.3. The SMILES string of the molecule is CCS(=O)(=O)c1ccc(Oc2cc(C(=O)Nc3ccc(C(=O)O)cn3)cc(OC(C)C)n2)cc1. The van der Waals surface area contributed by atoms with Crippen molar-refractivity contribution in [2.24, 2.45) is 0 Å². The molecule has 0 radical (unpaired) electrons. The number of carbonyl (C=O) groups excluding carboxylic acids is 1. The number of nitrogens with zero attached hydrogens (tertiary/aromatic N) is 2. The number of anilines is 1. The molecule has 0 atom stereocenters. The first-order valence-corrected chi connectivity index (χ1v) is 11.9. The summed E-state index contributed by atoms with van der Waals surface area (Å²) >= 11 is 0. The molecule has 34 heavy (non-hydrogen) atoms. The van der Waals surface area contributed by atoms with Crippen molar-refractivity contribution in [3.8, 4) is 17.5 Å². The number of rotatable bonds is 9. The Morgan fingerprint density at radius 3 is 2.26 bits per heavy atom. The van der Waals surface area contributed by atoms with Gasteiger partial charge in [-0.2, -0.15) is 4.98 Å². The maximum Gasteiger partial charge on any atom is 0.337 e. The van der Waals surface area contributed by atoms with Gasteiger partial charge in [-0.05, 0) is 50.2 Å². The minimum absolute atomic E-state index is 0.0111. The fourth-order valence-corrected chi connectivity index (χ4v) is 3.64. The molecule has 0 aliphatic carbocycles. The number of aromatic carboxylic acids is 1. The molecule has 0 saturated heterocycles. The molecule has 2 aromatic heterocycles. The third-order valence-electron chi connectivity index (χ3n) is 4.43. The van der Waals surface area contributed by atoms with Crippen LogP contribution in [0, 0.1) is 0 Å². The topological polar surface area (TPSA) is 145 Å². The summed E-state index contributed by atoms with van der Waals surface area (Å²) < 4.78 is 35.3. The number of carboxylic acid groups (broad SMARTS) is 1. The first kappa shape index (κ1) is 24.6. The van der Waals surface area contributed by atoms with E-state index < -0.39 is 21.7 Å². The predicted octanol–water partition coefficient (Wildman–Crippen LogP) is 3.80. The van der Waals surface area contributed by atoms with E-state index in [2.05, 4.69) is 15.3 Å². The second-order valence-electron chi connectivity index (χ2n) is 7.37. The van der Waals surface area contributed by atoms with Gasteiger partial charge in [-0.3, -0.25) is 4.79 Å². The molecule has 178 valence electrons. The van der Waals surface area contributed by atoms with Gasteiger partial charge in [0.05, 0.1) is 27.9 Å². The van der Waals surface area contributed by atoms with Crippen LogP contribution in [0.1, 0.15) is 41.5 Å². The number of sulfone groups is 1. The van der Waals surface area contributed by atoms with Crippen LogP contribution in [0.5, 0.6) is 17.5 Å². The Kier molecular flexibility index (Phi) is 7.47. The number of carbonyl (C=O) groups is 2. The molecule has 0 bridgehead atoms. The molecule has 3 rings (SSSR count). The monoisotopic (exact) mass is 485 g/mol. The summed E-state index contributed by atoms with van der Waals surface area (Å²) in [5.74, 6) is -0.996. The van der Waals surface area contributed by atoms with Crippen molar-refractivity contribution in [1.29, 1.82) is 0 Å². The van der Waals surface area contributed by atoms with Crippen LogP contribution in [0.25, 0.3) is 0 Å². The van der Waals surface area contributed by atoms with Crippen molar-refractivity contribution in [3.63, 3.8) is 0 Å². The lowest BCUT2D eigenvalue weighted by atomic mass is 10.2. The molecule has 11 heteroatoms. The Morgan fingerprint density at radius 1 is 1.03 bits per heavy atom. The third-order valence-corrected chi connectivity index (χ3v) is 6.18. The van der Waals surface area contributed by atoms with E-state index in [0.29, 0.717) is 5.75 Å². The van der Waals surface area contributed by atoms with Crippen LogP contribution in [0.4, 0.5) is 5.82 Å². The highest BCUT2D eigenvalue weighted by Crippen LogP contribution is 2.26. The van der Waals surface area contributed by atoms with Gasteiger partial charge in [0.1, 0.15) is 11.6 Å². The standard InChI is InChI=1S/C23H23N3O7S/c1-4-34(30,31)18-8-6-17(7-9-18)33-21-12-16(11-20(26-21)32-14(2)3)22(27)25-19-10-5-15(13-24-19)23(28)29/h5-14H,4H2,1-3H3,(H,28,29)(H,24,25,27). The maximum absolute atomic E-state index is 12.8.